The van der Waals surface area contributed by atoms with Crippen LogP contribution >= 0.6 is 0 Å². The Kier molecular flexibility index (Phi) is 5.22. The normalized spacial score (nSPS) is 11.8. The van der Waals surface area contributed by atoms with Gasteiger partial charge in [0.2, 0.25) is 0 Å². The Morgan fingerprint density at radius 3 is 2.29 bits per heavy atom. The summed E-state index contributed by atoms with van der Waals surface area (Å²) >= 11 is 0. The van der Waals surface area contributed by atoms with Gasteiger partial charge in [-0.3, -0.25) is 4.98 Å². The number of nitrogens with zero attached hydrogens (tertiary/aromatic N) is 1. The molecule has 2 aromatic rings. The minimum Gasteiger partial charge on any atom is -0.382 e. The van der Waals surface area contributed by atoms with E-state index in [0.29, 0.717) is 17.9 Å². The van der Waals surface area contributed by atoms with Crippen LogP contribution in [0.5, 0.6) is 0 Å². The molecule has 114 valence electrons. The summed E-state index contributed by atoms with van der Waals surface area (Å²) in [5, 5.41) is 5.00. The van der Waals surface area contributed by atoms with E-state index in [0.717, 1.165) is 5.52 Å². The van der Waals surface area contributed by atoms with Gasteiger partial charge in [-0.2, -0.15) is 0 Å². The maximum Gasteiger partial charge on any atom is 0.0751 e. The molecule has 2 heteroatoms. The fourth-order valence-electron chi connectivity index (χ4n) is 3.01. The maximum absolute atomic E-state index is 4.53. The number of rotatable bonds is 6. The topological polar surface area (TPSA) is 24.9 Å². The highest BCUT2D eigenvalue weighted by Gasteiger charge is 2.14. The lowest BCUT2D eigenvalue weighted by Crippen LogP contribution is -2.23. The zero-order chi connectivity index (χ0) is 15.4. The van der Waals surface area contributed by atoms with Crippen LogP contribution in [0.25, 0.3) is 10.9 Å². The van der Waals surface area contributed by atoms with Crippen molar-refractivity contribution < 1.29 is 0 Å². The van der Waals surface area contributed by atoms with E-state index >= 15 is 0 Å². The molecule has 0 aliphatic heterocycles. The molecule has 0 atom stereocenters. The van der Waals surface area contributed by atoms with Crippen molar-refractivity contribution in [2.45, 2.75) is 53.5 Å². The van der Waals surface area contributed by atoms with Crippen molar-refractivity contribution in [2.24, 2.45) is 11.8 Å². The van der Waals surface area contributed by atoms with E-state index in [4.69, 9.17) is 0 Å². The zero-order valence-corrected chi connectivity index (χ0v) is 14.0. The second-order valence-electron chi connectivity index (χ2n) is 6.93. The van der Waals surface area contributed by atoms with Crippen LogP contribution in [0.1, 0.15) is 46.1 Å². The molecular formula is C19H28N2. The van der Waals surface area contributed by atoms with E-state index < -0.39 is 0 Å². The lowest BCUT2D eigenvalue weighted by Gasteiger charge is -2.24. The van der Waals surface area contributed by atoms with Gasteiger partial charge in [0, 0.05) is 23.3 Å². The number of nitrogens with one attached hydrogen (secondary N) is 1. The smallest absolute Gasteiger partial charge is 0.0751 e. The Hall–Kier alpha value is -1.57. The zero-order valence-electron chi connectivity index (χ0n) is 14.0. The monoisotopic (exact) mass is 284 g/mol. The summed E-state index contributed by atoms with van der Waals surface area (Å²) < 4.78 is 0. The van der Waals surface area contributed by atoms with Crippen LogP contribution in [-0.4, -0.2) is 11.0 Å². The molecule has 0 spiro atoms. The fraction of sp³-hybridized carbons (Fsp3) is 0.526. The number of hydrogen-bond acceptors (Lipinski definition) is 2. The Morgan fingerprint density at radius 1 is 1.00 bits per heavy atom. The predicted octanol–water partition coefficient (Wildman–Crippen LogP) is 5.42. The van der Waals surface area contributed by atoms with Crippen molar-refractivity contribution >= 4 is 16.6 Å². The molecule has 1 aromatic carbocycles. The average Bonchev–Trinajstić information content (AvgIpc) is 2.41. The highest BCUT2D eigenvalue weighted by atomic mass is 14.9. The minimum absolute atomic E-state index is 0.524. The number of hydrogen-bond donors (Lipinski definition) is 1. The van der Waals surface area contributed by atoms with Gasteiger partial charge in [0.1, 0.15) is 0 Å². The van der Waals surface area contributed by atoms with Crippen molar-refractivity contribution in [3.8, 4) is 0 Å². The number of pyridine rings is 1. The molecule has 21 heavy (non-hydrogen) atoms. The predicted molar refractivity (Wildman–Crippen MR) is 92.8 cm³/mol. The van der Waals surface area contributed by atoms with E-state index in [9.17, 15) is 0 Å². The third-order valence-electron chi connectivity index (χ3n) is 3.84. The molecule has 1 N–H and O–H groups in total. The van der Waals surface area contributed by atoms with Crippen molar-refractivity contribution in [1.82, 2.24) is 4.98 Å². The first-order chi connectivity index (χ1) is 9.97. The fourth-order valence-corrected chi connectivity index (χ4v) is 3.01. The van der Waals surface area contributed by atoms with Crippen molar-refractivity contribution in [2.75, 3.05) is 5.32 Å². The summed E-state index contributed by atoms with van der Waals surface area (Å²) in [5.41, 5.74) is 3.56. The van der Waals surface area contributed by atoms with E-state index in [1.54, 1.807) is 0 Å². The van der Waals surface area contributed by atoms with E-state index in [1.807, 2.05) is 12.3 Å². The highest BCUT2D eigenvalue weighted by Crippen LogP contribution is 2.27. The number of benzene rings is 1. The molecule has 0 aliphatic carbocycles. The quantitative estimate of drug-likeness (QED) is 0.766. The summed E-state index contributed by atoms with van der Waals surface area (Å²) in [6, 6.07) is 9.08. The van der Waals surface area contributed by atoms with Gasteiger partial charge in [0.05, 0.1) is 5.52 Å². The average molecular weight is 284 g/mol. The van der Waals surface area contributed by atoms with Gasteiger partial charge in [-0.1, -0.05) is 33.8 Å². The first kappa shape index (κ1) is 15.8. The summed E-state index contributed by atoms with van der Waals surface area (Å²) in [6.45, 7) is 11.3. The molecule has 0 amide bonds. The van der Waals surface area contributed by atoms with Crippen molar-refractivity contribution in [1.29, 1.82) is 0 Å². The number of fused-ring (bicyclic) bond motifs is 1. The second kappa shape index (κ2) is 6.93. The number of aryl methyl sites for hydroxylation is 1. The van der Waals surface area contributed by atoms with Crippen LogP contribution in [0, 0.1) is 18.8 Å². The van der Waals surface area contributed by atoms with Crippen molar-refractivity contribution in [3.05, 3.63) is 36.0 Å². The van der Waals surface area contributed by atoms with Gasteiger partial charge in [-0.05, 0) is 55.4 Å². The van der Waals surface area contributed by atoms with E-state index in [1.165, 1.54) is 29.5 Å². The number of aromatic nitrogens is 1. The van der Waals surface area contributed by atoms with Gasteiger partial charge < -0.3 is 5.32 Å². The molecular weight excluding hydrogens is 256 g/mol. The third-order valence-corrected chi connectivity index (χ3v) is 3.84. The van der Waals surface area contributed by atoms with Crippen LogP contribution in [0.2, 0.25) is 0 Å². The standard InChI is InChI=1S/C19H28N2/c1-13(2)11-16(12-14(3)4)21-18-9-8-15(5)19-17(18)7-6-10-20-19/h6-10,13-14,16,21H,11-12H2,1-5H3. The third kappa shape index (κ3) is 4.20. The molecule has 0 saturated carbocycles. The summed E-state index contributed by atoms with van der Waals surface area (Å²) in [4.78, 5) is 4.53. The molecule has 0 aliphatic rings. The Labute approximate surface area is 129 Å². The first-order valence-corrected chi connectivity index (χ1v) is 8.08. The molecule has 1 heterocycles. The van der Waals surface area contributed by atoms with Crippen LogP contribution in [-0.2, 0) is 0 Å². The van der Waals surface area contributed by atoms with E-state index in [-0.39, 0.29) is 0 Å². The highest BCUT2D eigenvalue weighted by molar-refractivity contribution is 5.93. The largest absolute Gasteiger partial charge is 0.382 e. The lowest BCUT2D eigenvalue weighted by atomic mass is 9.95. The SMILES string of the molecule is Cc1ccc(NC(CC(C)C)CC(C)C)c2cccnc12. The summed E-state index contributed by atoms with van der Waals surface area (Å²) in [7, 11) is 0. The lowest BCUT2D eigenvalue weighted by molar-refractivity contribution is 0.442. The Morgan fingerprint density at radius 2 is 1.67 bits per heavy atom. The summed E-state index contributed by atoms with van der Waals surface area (Å²) in [5.74, 6) is 1.41. The van der Waals surface area contributed by atoms with Gasteiger partial charge >= 0.3 is 0 Å². The molecule has 2 rings (SSSR count). The number of anilines is 1. The second-order valence-corrected chi connectivity index (χ2v) is 6.93. The van der Waals surface area contributed by atoms with Crippen LogP contribution in [0.3, 0.4) is 0 Å². The van der Waals surface area contributed by atoms with Gasteiger partial charge in [0.25, 0.3) is 0 Å². The van der Waals surface area contributed by atoms with E-state index in [2.05, 4.69) is 63.1 Å². The molecule has 0 fully saturated rings. The minimum atomic E-state index is 0.524. The van der Waals surface area contributed by atoms with Gasteiger partial charge in [-0.15, -0.1) is 0 Å². The molecule has 0 unspecified atom stereocenters. The molecule has 0 bridgehead atoms. The van der Waals surface area contributed by atoms with Crippen LogP contribution < -0.4 is 5.32 Å². The molecule has 1 aromatic heterocycles. The van der Waals surface area contributed by atoms with Gasteiger partial charge in [-0.25, -0.2) is 0 Å². The Bertz CT molecular complexity index is 577. The summed E-state index contributed by atoms with van der Waals surface area (Å²) in [6.07, 6.45) is 4.28. The molecule has 0 radical (unpaired) electrons. The Balaban J connectivity index is 2.30. The van der Waals surface area contributed by atoms with Gasteiger partial charge in [0.15, 0.2) is 0 Å². The maximum atomic E-state index is 4.53. The van der Waals surface area contributed by atoms with Crippen LogP contribution in [0.4, 0.5) is 5.69 Å². The van der Waals surface area contributed by atoms with Crippen molar-refractivity contribution in [3.63, 3.8) is 0 Å². The molecule has 0 saturated heterocycles. The molecule has 2 nitrogen and oxygen atoms in total. The first-order valence-electron chi connectivity index (χ1n) is 8.08. The van der Waals surface area contributed by atoms with Crippen LogP contribution in [0.15, 0.2) is 30.5 Å².